The first-order chi connectivity index (χ1) is 6.24. The van der Waals surface area contributed by atoms with Crippen LogP contribution in [0.4, 0.5) is 0 Å². The summed E-state index contributed by atoms with van der Waals surface area (Å²) in [6.07, 6.45) is 0. The monoisotopic (exact) mass is 181 g/mol. The van der Waals surface area contributed by atoms with Gasteiger partial charge < -0.3 is 19.7 Å². The van der Waals surface area contributed by atoms with Crippen molar-refractivity contribution in [2.75, 3.05) is 13.2 Å². The van der Waals surface area contributed by atoms with E-state index in [0.29, 0.717) is 5.75 Å². The smallest absolute Gasteiger partial charge is 0.120 e. The minimum Gasteiger partial charge on any atom is -0.545 e. The van der Waals surface area contributed by atoms with Crippen molar-refractivity contribution < 1.29 is 19.7 Å². The molecule has 0 unspecified atom stereocenters. The first-order valence-corrected chi connectivity index (χ1v) is 3.79. The lowest BCUT2D eigenvalue weighted by atomic mass is 10.2. The standard InChI is InChI=1S/C9H10O4/c10-4-5-13-8-3-1-2-7(6-8)9(11)12/h1-3,6,10H,4-5H2,(H,11,12)/p-1. The van der Waals surface area contributed by atoms with E-state index in [1.807, 2.05) is 0 Å². The third-order valence-corrected chi connectivity index (χ3v) is 1.43. The van der Waals surface area contributed by atoms with Gasteiger partial charge in [0.05, 0.1) is 12.6 Å². The normalized spacial score (nSPS) is 9.62. The van der Waals surface area contributed by atoms with Gasteiger partial charge in [-0.1, -0.05) is 12.1 Å². The summed E-state index contributed by atoms with van der Waals surface area (Å²) < 4.78 is 5.00. The van der Waals surface area contributed by atoms with E-state index in [4.69, 9.17) is 9.84 Å². The largest absolute Gasteiger partial charge is 0.545 e. The number of aliphatic hydroxyl groups is 1. The Hall–Kier alpha value is -1.55. The minimum atomic E-state index is -1.24. The summed E-state index contributed by atoms with van der Waals surface area (Å²) in [5.41, 5.74) is 0.0652. The molecule has 13 heavy (non-hydrogen) atoms. The van der Waals surface area contributed by atoms with Gasteiger partial charge in [-0.3, -0.25) is 0 Å². The molecule has 0 bridgehead atoms. The molecule has 0 saturated carbocycles. The topological polar surface area (TPSA) is 69.6 Å². The first-order valence-electron chi connectivity index (χ1n) is 3.79. The lowest BCUT2D eigenvalue weighted by Crippen LogP contribution is -2.22. The minimum absolute atomic E-state index is 0.0652. The van der Waals surface area contributed by atoms with E-state index in [9.17, 15) is 9.90 Å². The fraction of sp³-hybridized carbons (Fsp3) is 0.222. The van der Waals surface area contributed by atoms with Gasteiger partial charge in [0.15, 0.2) is 0 Å². The van der Waals surface area contributed by atoms with Crippen LogP contribution < -0.4 is 9.84 Å². The van der Waals surface area contributed by atoms with Crippen LogP contribution >= 0.6 is 0 Å². The van der Waals surface area contributed by atoms with E-state index in [1.165, 1.54) is 12.1 Å². The number of aromatic carboxylic acids is 1. The Morgan fingerprint density at radius 1 is 1.54 bits per heavy atom. The molecule has 0 fully saturated rings. The Morgan fingerprint density at radius 2 is 2.31 bits per heavy atom. The third kappa shape index (κ3) is 2.76. The molecule has 0 aliphatic rings. The number of rotatable bonds is 4. The lowest BCUT2D eigenvalue weighted by molar-refractivity contribution is -0.255. The summed E-state index contributed by atoms with van der Waals surface area (Å²) in [7, 11) is 0. The number of hydrogen-bond donors (Lipinski definition) is 1. The molecular formula is C9H9O4-. The second kappa shape index (κ2) is 4.47. The molecule has 4 nitrogen and oxygen atoms in total. The number of carbonyl (C=O) groups is 1. The molecule has 1 rings (SSSR count). The van der Waals surface area contributed by atoms with Crippen LogP contribution in [0.25, 0.3) is 0 Å². The molecule has 0 aromatic heterocycles. The highest BCUT2D eigenvalue weighted by atomic mass is 16.5. The summed E-state index contributed by atoms with van der Waals surface area (Å²) in [5.74, 6) is -0.829. The Bertz CT molecular complexity index is 295. The van der Waals surface area contributed by atoms with Crippen LogP contribution in [0.5, 0.6) is 5.75 Å². The van der Waals surface area contributed by atoms with E-state index in [2.05, 4.69) is 0 Å². The van der Waals surface area contributed by atoms with Crippen molar-refractivity contribution in [1.29, 1.82) is 0 Å². The Balaban J connectivity index is 2.73. The van der Waals surface area contributed by atoms with E-state index in [0.717, 1.165) is 0 Å². The average Bonchev–Trinajstić information content (AvgIpc) is 2.15. The predicted octanol–water partition coefficient (Wildman–Crippen LogP) is -0.579. The molecule has 0 aliphatic heterocycles. The summed E-state index contributed by atoms with van der Waals surface area (Å²) in [5, 5.41) is 18.9. The van der Waals surface area contributed by atoms with Crippen molar-refractivity contribution in [3.63, 3.8) is 0 Å². The molecule has 1 aromatic carbocycles. The maximum absolute atomic E-state index is 10.4. The highest BCUT2D eigenvalue weighted by Gasteiger charge is 1.96. The van der Waals surface area contributed by atoms with Crippen LogP contribution in [0.15, 0.2) is 24.3 Å². The van der Waals surface area contributed by atoms with Gasteiger partial charge in [-0.05, 0) is 12.1 Å². The van der Waals surface area contributed by atoms with Gasteiger partial charge in [0.25, 0.3) is 0 Å². The number of carboxylic acids is 1. The molecule has 0 heterocycles. The van der Waals surface area contributed by atoms with Crippen molar-refractivity contribution in [2.45, 2.75) is 0 Å². The Morgan fingerprint density at radius 3 is 2.92 bits per heavy atom. The number of carbonyl (C=O) groups excluding carboxylic acids is 1. The van der Waals surface area contributed by atoms with Gasteiger partial charge in [0.1, 0.15) is 12.4 Å². The summed E-state index contributed by atoms with van der Waals surface area (Å²) >= 11 is 0. The van der Waals surface area contributed by atoms with Crippen LogP contribution in [-0.4, -0.2) is 24.3 Å². The van der Waals surface area contributed by atoms with Crippen molar-refractivity contribution in [2.24, 2.45) is 0 Å². The van der Waals surface area contributed by atoms with Gasteiger partial charge in [-0.15, -0.1) is 0 Å². The van der Waals surface area contributed by atoms with Gasteiger partial charge >= 0.3 is 0 Å². The van der Waals surface area contributed by atoms with Gasteiger partial charge in [-0.2, -0.15) is 0 Å². The maximum Gasteiger partial charge on any atom is 0.120 e. The fourth-order valence-corrected chi connectivity index (χ4v) is 0.876. The highest BCUT2D eigenvalue weighted by Crippen LogP contribution is 2.12. The van der Waals surface area contributed by atoms with Crippen molar-refractivity contribution in [3.8, 4) is 5.75 Å². The Labute approximate surface area is 75.4 Å². The number of carboxylic acid groups (broad SMARTS) is 1. The fourth-order valence-electron chi connectivity index (χ4n) is 0.876. The van der Waals surface area contributed by atoms with E-state index in [1.54, 1.807) is 12.1 Å². The molecule has 0 saturated heterocycles. The van der Waals surface area contributed by atoms with E-state index >= 15 is 0 Å². The summed E-state index contributed by atoms with van der Waals surface area (Å²) in [4.78, 5) is 10.4. The predicted molar refractivity (Wildman–Crippen MR) is 43.4 cm³/mol. The van der Waals surface area contributed by atoms with Crippen LogP contribution in [0.2, 0.25) is 0 Å². The summed E-state index contributed by atoms with van der Waals surface area (Å²) in [6, 6.07) is 5.94. The second-order valence-corrected chi connectivity index (χ2v) is 2.39. The molecule has 0 aliphatic carbocycles. The van der Waals surface area contributed by atoms with Crippen molar-refractivity contribution in [3.05, 3.63) is 29.8 Å². The Kier molecular flexibility index (Phi) is 3.28. The van der Waals surface area contributed by atoms with Gasteiger partial charge in [0, 0.05) is 5.56 Å². The zero-order chi connectivity index (χ0) is 9.68. The first kappa shape index (κ1) is 9.54. The molecule has 4 heteroatoms. The zero-order valence-electron chi connectivity index (χ0n) is 6.90. The van der Waals surface area contributed by atoms with Crippen molar-refractivity contribution >= 4 is 5.97 Å². The summed E-state index contributed by atoms with van der Waals surface area (Å²) in [6.45, 7) is 0.0477. The van der Waals surface area contributed by atoms with Crippen LogP contribution in [0.1, 0.15) is 10.4 Å². The maximum atomic E-state index is 10.4. The lowest BCUT2D eigenvalue weighted by Gasteiger charge is -2.06. The van der Waals surface area contributed by atoms with Gasteiger partial charge in [0.2, 0.25) is 0 Å². The quantitative estimate of drug-likeness (QED) is 0.674. The number of ether oxygens (including phenoxy) is 1. The molecule has 0 amide bonds. The van der Waals surface area contributed by atoms with Crippen LogP contribution in [0, 0.1) is 0 Å². The number of aliphatic hydroxyl groups excluding tert-OH is 1. The SMILES string of the molecule is O=C([O-])c1cccc(OCCO)c1. The molecule has 1 aromatic rings. The third-order valence-electron chi connectivity index (χ3n) is 1.43. The van der Waals surface area contributed by atoms with Crippen LogP contribution in [0.3, 0.4) is 0 Å². The zero-order valence-corrected chi connectivity index (χ0v) is 6.90. The van der Waals surface area contributed by atoms with E-state index < -0.39 is 5.97 Å². The number of hydrogen-bond acceptors (Lipinski definition) is 4. The molecule has 0 radical (unpaired) electrons. The molecule has 70 valence electrons. The highest BCUT2D eigenvalue weighted by molar-refractivity contribution is 5.86. The molecular weight excluding hydrogens is 172 g/mol. The average molecular weight is 181 g/mol. The van der Waals surface area contributed by atoms with Crippen molar-refractivity contribution in [1.82, 2.24) is 0 Å². The van der Waals surface area contributed by atoms with E-state index in [-0.39, 0.29) is 18.8 Å². The number of benzene rings is 1. The van der Waals surface area contributed by atoms with Crippen LogP contribution in [-0.2, 0) is 0 Å². The second-order valence-electron chi connectivity index (χ2n) is 2.39. The van der Waals surface area contributed by atoms with Gasteiger partial charge in [-0.25, -0.2) is 0 Å². The molecule has 0 spiro atoms. The molecule has 1 N–H and O–H groups in total. The molecule has 0 atom stereocenters.